The molecule has 0 aromatic rings. The van der Waals surface area contributed by atoms with E-state index in [-0.39, 0.29) is 11.5 Å². The molecule has 0 aromatic carbocycles. The van der Waals surface area contributed by atoms with Crippen molar-refractivity contribution >= 4 is 0 Å². The van der Waals surface area contributed by atoms with Crippen molar-refractivity contribution in [3.63, 3.8) is 0 Å². The Kier molecular flexibility index (Phi) is 5.03. The third kappa shape index (κ3) is 3.96. The summed E-state index contributed by atoms with van der Waals surface area (Å²) in [6.07, 6.45) is 5.45. The predicted molar refractivity (Wildman–Crippen MR) is 76.1 cm³/mol. The zero-order valence-corrected chi connectivity index (χ0v) is 12.7. The van der Waals surface area contributed by atoms with E-state index < -0.39 is 0 Å². The van der Waals surface area contributed by atoms with Crippen LogP contribution in [0.4, 0.5) is 0 Å². The van der Waals surface area contributed by atoms with Crippen LogP contribution in [-0.4, -0.2) is 30.1 Å². The molecule has 2 N–H and O–H groups in total. The highest BCUT2D eigenvalue weighted by atomic mass is 15.2. The van der Waals surface area contributed by atoms with Crippen LogP contribution in [0.3, 0.4) is 0 Å². The highest BCUT2D eigenvalue weighted by Crippen LogP contribution is 2.32. The van der Waals surface area contributed by atoms with Crippen LogP contribution in [0.5, 0.6) is 0 Å². The molecule has 2 atom stereocenters. The van der Waals surface area contributed by atoms with Gasteiger partial charge >= 0.3 is 0 Å². The molecule has 1 aliphatic carbocycles. The van der Waals surface area contributed by atoms with Crippen molar-refractivity contribution in [1.29, 1.82) is 0 Å². The van der Waals surface area contributed by atoms with Gasteiger partial charge in [0.1, 0.15) is 0 Å². The maximum absolute atomic E-state index is 6.22. The van der Waals surface area contributed by atoms with Crippen LogP contribution < -0.4 is 5.73 Å². The van der Waals surface area contributed by atoms with E-state index in [9.17, 15) is 0 Å². The third-order valence-corrected chi connectivity index (χ3v) is 4.39. The molecule has 0 amide bonds. The Morgan fingerprint density at radius 3 is 1.94 bits per heavy atom. The minimum Gasteiger partial charge on any atom is -0.327 e. The Labute approximate surface area is 108 Å². The fourth-order valence-corrected chi connectivity index (χ4v) is 3.65. The lowest BCUT2D eigenvalue weighted by Gasteiger charge is -2.46. The van der Waals surface area contributed by atoms with Crippen LogP contribution in [0, 0.1) is 11.3 Å². The number of hydrogen-bond acceptors (Lipinski definition) is 2. The molecule has 1 fully saturated rings. The van der Waals surface area contributed by atoms with E-state index in [1.165, 1.54) is 25.7 Å². The molecule has 1 aliphatic rings. The Hall–Kier alpha value is -0.0800. The van der Waals surface area contributed by atoms with Gasteiger partial charge in [0.15, 0.2) is 0 Å². The summed E-state index contributed by atoms with van der Waals surface area (Å²) in [7, 11) is 2.28. The quantitative estimate of drug-likeness (QED) is 0.820. The second-order valence-corrected chi connectivity index (χ2v) is 7.25. The molecule has 102 valence electrons. The smallest absolute Gasteiger partial charge is 0.0292 e. The van der Waals surface area contributed by atoms with Gasteiger partial charge < -0.3 is 5.73 Å². The molecular weight excluding hydrogens is 208 g/mol. The minimum absolute atomic E-state index is 0.236. The second kappa shape index (κ2) is 5.71. The summed E-state index contributed by atoms with van der Waals surface area (Å²) in [5, 5.41) is 0. The Bertz CT molecular complexity index is 222. The van der Waals surface area contributed by atoms with E-state index in [0.717, 1.165) is 12.0 Å². The average molecular weight is 240 g/mol. The Balaban J connectivity index is 2.68. The van der Waals surface area contributed by atoms with Gasteiger partial charge in [-0.15, -0.1) is 0 Å². The van der Waals surface area contributed by atoms with E-state index in [1.54, 1.807) is 0 Å². The molecule has 0 bridgehead atoms. The van der Waals surface area contributed by atoms with Crippen LogP contribution in [-0.2, 0) is 0 Å². The number of hydrogen-bond donors (Lipinski definition) is 1. The highest BCUT2D eigenvalue weighted by Gasteiger charge is 2.35. The van der Waals surface area contributed by atoms with Gasteiger partial charge in [-0.25, -0.2) is 0 Å². The van der Waals surface area contributed by atoms with Crippen LogP contribution >= 0.6 is 0 Å². The number of nitrogens with two attached hydrogens (primary N) is 1. The van der Waals surface area contributed by atoms with Gasteiger partial charge in [-0.3, -0.25) is 4.90 Å². The van der Waals surface area contributed by atoms with Crippen molar-refractivity contribution in [2.24, 2.45) is 17.1 Å². The number of rotatable bonds is 3. The van der Waals surface area contributed by atoms with Crippen molar-refractivity contribution in [2.75, 3.05) is 7.05 Å². The summed E-state index contributed by atoms with van der Waals surface area (Å²) in [6.45, 7) is 11.5. The van der Waals surface area contributed by atoms with Crippen LogP contribution in [0.2, 0.25) is 0 Å². The molecule has 0 saturated heterocycles. The Morgan fingerprint density at radius 2 is 1.59 bits per heavy atom. The lowest BCUT2D eigenvalue weighted by molar-refractivity contribution is 0.0469. The van der Waals surface area contributed by atoms with Gasteiger partial charge in [-0.1, -0.05) is 27.7 Å². The summed E-state index contributed by atoms with van der Waals surface area (Å²) in [5.41, 5.74) is 6.47. The molecule has 1 rings (SSSR count). The summed E-state index contributed by atoms with van der Waals surface area (Å²) in [4.78, 5) is 2.57. The van der Waals surface area contributed by atoms with E-state index in [1.807, 2.05) is 0 Å². The summed E-state index contributed by atoms with van der Waals surface area (Å²) in [5.74, 6) is 0.919. The van der Waals surface area contributed by atoms with E-state index in [4.69, 9.17) is 5.73 Å². The van der Waals surface area contributed by atoms with Crippen molar-refractivity contribution < 1.29 is 0 Å². The standard InChI is InChI=1S/C15H32N2/c1-11-7-9-13(10-8-11)17(6)14(12(2)16)15(3,4)5/h11-14H,7-10,16H2,1-6H3. The van der Waals surface area contributed by atoms with Gasteiger partial charge in [-0.2, -0.15) is 0 Å². The lowest BCUT2D eigenvalue weighted by atomic mass is 9.79. The third-order valence-electron chi connectivity index (χ3n) is 4.39. The molecule has 17 heavy (non-hydrogen) atoms. The summed E-state index contributed by atoms with van der Waals surface area (Å²) >= 11 is 0. The molecule has 0 aromatic heterocycles. The average Bonchev–Trinajstić information content (AvgIpc) is 2.15. The van der Waals surface area contributed by atoms with E-state index in [2.05, 4.69) is 46.6 Å². The lowest BCUT2D eigenvalue weighted by Crippen LogP contribution is -2.55. The molecule has 0 heterocycles. The summed E-state index contributed by atoms with van der Waals surface area (Å²) in [6, 6.07) is 1.45. The molecular formula is C15H32N2. The fourth-order valence-electron chi connectivity index (χ4n) is 3.65. The van der Waals surface area contributed by atoms with Crippen molar-refractivity contribution in [3.8, 4) is 0 Å². The first kappa shape index (κ1) is 15.0. The van der Waals surface area contributed by atoms with Crippen LogP contribution in [0.15, 0.2) is 0 Å². The SMILES string of the molecule is CC1CCC(N(C)C(C(C)N)C(C)(C)C)CC1. The van der Waals surface area contributed by atoms with Gasteiger partial charge in [0.25, 0.3) is 0 Å². The Morgan fingerprint density at radius 1 is 1.12 bits per heavy atom. The molecule has 2 unspecified atom stereocenters. The van der Waals surface area contributed by atoms with Crippen LogP contribution in [0.25, 0.3) is 0 Å². The maximum Gasteiger partial charge on any atom is 0.0292 e. The van der Waals surface area contributed by atoms with Crippen molar-refractivity contribution in [2.45, 2.75) is 78.4 Å². The molecule has 2 nitrogen and oxygen atoms in total. The summed E-state index contributed by atoms with van der Waals surface area (Å²) < 4.78 is 0. The van der Waals surface area contributed by atoms with E-state index >= 15 is 0 Å². The topological polar surface area (TPSA) is 29.3 Å². The zero-order chi connectivity index (χ0) is 13.2. The van der Waals surface area contributed by atoms with Gasteiger partial charge in [-0.05, 0) is 51.0 Å². The first-order chi connectivity index (χ1) is 7.73. The molecule has 0 radical (unpaired) electrons. The zero-order valence-electron chi connectivity index (χ0n) is 12.7. The molecule has 1 saturated carbocycles. The first-order valence-corrected chi connectivity index (χ1v) is 7.21. The van der Waals surface area contributed by atoms with Crippen molar-refractivity contribution in [3.05, 3.63) is 0 Å². The van der Waals surface area contributed by atoms with Gasteiger partial charge in [0.05, 0.1) is 0 Å². The largest absolute Gasteiger partial charge is 0.327 e. The van der Waals surface area contributed by atoms with E-state index in [0.29, 0.717) is 6.04 Å². The molecule has 0 spiro atoms. The fraction of sp³-hybridized carbons (Fsp3) is 1.00. The minimum atomic E-state index is 0.236. The van der Waals surface area contributed by atoms with Crippen LogP contribution in [0.1, 0.15) is 60.3 Å². The normalized spacial score (nSPS) is 30.4. The van der Waals surface area contributed by atoms with Gasteiger partial charge in [0, 0.05) is 18.1 Å². The van der Waals surface area contributed by atoms with Crippen molar-refractivity contribution in [1.82, 2.24) is 4.90 Å². The number of nitrogens with zero attached hydrogens (tertiary/aromatic N) is 1. The molecule has 0 aliphatic heterocycles. The maximum atomic E-state index is 6.22. The first-order valence-electron chi connectivity index (χ1n) is 7.21. The second-order valence-electron chi connectivity index (χ2n) is 7.25. The van der Waals surface area contributed by atoms with Gasteiger partial charge in [0.2, 0.25) is 0 Å². The molecule has 2 heteroatoms. The highest BCUT2D eigenvalue weighted by molar-refractivity contribution is 4.91. The predicted octanol–water partition coefficient (Wildman–Crippen LogP) is 3.26. The monoisotopic (exact) mass is 240 g/mol. The number of likely N-dealkylation sites (N-methyl/N-ethyl adjacent to an activating group) is 1.